The number of H-pyrrole nitrogens is 1. The molecule has 0 aliphatic carbocycles. The van der Waals surface area contributed by atoms with Crippen LogP contribution in [0.1, 0.15) is 80.6 Å². The molecule has 8 rings (SSSR count). The summed E-state index contributed by atoms with van der Waals surface area (Å²) in [7, 11) is 0. The molecule has 6 aromatic rings. The molecule has 0 saturated carbocycles. The number of hydrogen-bond donors (Lipinski definition) is 3. The first-order valence-corrected chi connectivity index (χ1v) is 22.0. The molecule has 0 spiro atoms. The Labute approximate surface area is 372 Å². The Kier molecular flexibility index (Phi) is 12.8. The first kappa shape index (κ1) is 43.9. The zero-order valence-electron chi connectivity index (χ0n) is 37.1. The van der Waals surface area contributed by atoms with Crippen LogP contribution in [0, 0.1) is 18.7 Å². The number of fused-ring (bicyclic) bond motifs is 1. The minimum atomic E-state index is -0.528. The van der Waals surface area contributed by atoms with Crippen molar-refractivity contribution in [2.24, 2.45) is 11.7 Å². The molecule has 2 saturated heterocycles. The summed E-state index contributed by atoms with van der Waals surface area (Å²) >= 11 is 0. The van der Waals surface area contributed by atoms with Gasteiger partial charge < -0.3 is 30.3 Å². The first-order chi connectivity index (χ1) is 30.7. The molecule has 1 atom stereocenters. The summed E-state index contributed by atoms with van der Waals surface area (Å²) in [5.41, 5.74) is 12.7. The minimum Gasteiger partial charge on any atom is -0.372 e. The minimum absolute atomic E-state index is 0.128. The highest BCUT2D eigenvalue weighted by molar-refractivity contribution is 5.94. The maximum Gasteiger partial charge on any atom is 0.315 e. The number of anilines is 3. The average molecular weight is 870 g/mol. The monoisotopic (exact) mass is 869 g/mol. The van der Waals surface area contributed by atoms with Crippen molar-refractivity contribution in [2.75, 3.05) is 67.1 Å². The summed E-state index contributed by atoms with van der Waals surface area (Å²) in [6.07, 6.45) is 4.93. The van der Waals surface area contributed by atoms with E-state index in [4.69, 9.17) is 10.3 Å². The van der Waals surface area contributed by atoms with Crippen molar-refractivity contribution in [1.82, 2.24) is 35.5 Å². The van der Waals surface area contributed by atoms with E-state index in [-0.39, 0.29) is 24.3 Å². The van der Waals surface area contributed by atoms with Crippen LogP contribution >= 0.6 is 0 Å². The summed E-state index contributed by atoms with van der Waals surface area (Å²) < 4.78 is 21.2. The van der Waals surface area contributed by atoms with Crippen molar-refractivity contribution in [2.45, 2.75) is 65.3 Å². The largest absolute Gasteiger partial charge is 0.372 e. The number of piperazine rings is 1. The molecule has 0 bridgehead atoms. The van der Waals surface area contributed by atoms with E-state index >= 15 is 4.39 Å². The molecule has 334 valence electrons. The number of nitrogens with one attached hydrogen (secondary N) is 2. The summed E-state index contributed by atoms with van der Waals surface area (Å²) in [5, 5.41) is 14.9. The number of halogens is 1. The van der Waals surface area contributed by atoms with E-state index in [0.29, 0.717) is 39.6 Å². The van der Waals surface area contributed by atoms with Gasteiger partial charge in [0.2, 0.25) is 12.3 Å². The molecule has 2 aliphatic heterocycles. The number of aromatic amines is 1. The summed E-state index contributed by atoms with van der Waals surface area (Å²) in [5.74, 6) is -0.470. The standard InChI is InChI=1S/C48H56FN11O4/c1-30-24-39(41(49)26-38(30)31(2)52-45(63)46-53-47(56-64-46)48(3,4)5)43-40-25-34(27-51-44(40)55-54-43)33-6-8-35(9-7-33)59-22-20-57(21-23-59)28-32-14-17-58(18-15-32)36-10-12-37(13-11-36)60(29-61)19-16-42(50)62/h6-13,24-27,29,31-32H,14-23,28H2,1-5H3,(H2,50,62)(H,52,63)(H,51,54,55)/t31-/m1/s1. The van der Waals surface area contributed by atoms with Crippen LogP contribution in [0.15, 0.2) is 77.4 Å². The van der Waals surface area contributed by atoms with E-state index in [1.54, 1.807) is 19.2 Å². The lowest BCUT2D eigenvalue weighted by Gasteiger charge is -2.40. The number of nitrogens with two attached hydrogens (primary N) is 1. The number of rotatable bonds is 14. The van der Waals surface area contributed by atoms with Crippen molar-refractivity contribution < 1.29 is 23.3 Å². The number of aromatic nitrogens is 5. The number of benzene rings is 3. The quantitative estimate of drug-likeness (QED) is 0.0981. The molecule has 3 amide bonds. The van der Waals surface area contributed by atoms with E-state index in [1.807, 2.05) is 58.0 Å². The van der Waals surface area contributed by atoms with Crippen molar-refractivity contribution in [1.29, 1.82) is 0 Å². The van der Waals surface area contributed by atoms with Gasteiger partial charge in [0.05, 0.1) is 11.7 Å². The van der Waals surface area contributed by atoms with Gasteiger partial charge in [0.1, 0.15) is 5.82 Å². The summed E-state index contributed by atoms with van der Waals surface area (Å²) in [6.45, 7) is 16.8. The van der Waals surface area contributed by atoms with Crippen LogP contribution in [0.2, 0.25) is 0 Å². The number of piperidine rings is 1. The molecule has 15 nitrogen and oxygen atoms in total. The topological polar surface area (TPSA) is 183 Å². The zero-order valence-corrected chi connectivity index (χ0v) is 37.1. The van der Waals surface area contributed by atoms with Crippen LogP contribution in [-0.2, 0) is 15.0 Å². The number of pyridine rings is 1. The fourth-order valence-corrected chi connectivity index (χ4v) is 8.69. The van der Waals surface area contributed by atoms with Crippen LogP contribution < -0.4 is 25.8 Å². The first-order valence-electron chi connectivity index (χ1n) is 22.0. The molecule has 16 heteroatoms. The lowest BCUT2D eigenvalue weighted by Crippen LogP contribution is -2.49. The van der Waals surface area contributed by atoms with Crippen LogP contribution in [0.25, 0.3) is 33.4 Å². The Balaban J connectivity index is 0.843. The number of carbonyl (C=O) groups excluding carboxylic acids is 3. The molecule has 0 unspecified atom stereocenters. The predicted molar refractivity (Wildman–Crippen MR) is 246 cm³/mol. The second-order valence-electron chi connectivity index (χ2n) is 18.0. The van der Waals surface area contributed by atoms with Crippen LogP contribution in [0.4, 0.5) is 21.5 Å². The fourth-order valence-electron chi connectivity index (χ4n) is 8.69. The highest BCUT2D eigenvalue weighted by atomic mass is 19.1. The average Bonchev–Trinajstić information content (AvgIpc) is 3.97. The molecule has 2 aliphatic rings. The van der Waals surface area contributed by atoms with Crippen LogP contribution in [-0.4, -0.2) is 101 Å². The van der Waals surface area contributed by atoms with Gasteiger partial charge in [-0.1, -0.05) is 38.1 Å². The van der Waals surface area contributed by atoms with Gasteiger partial charge in [-0.05, 0) is 104 Å². The lowest BCUT2D eigenvalue weighted by molar-refractivity contribution is -0.117. The van der Waals surface area contributed by atoms with E-state index in [1.165, 1.54) is 16.7 Å². The Hall–Kier alpha value is -6.68. The summed E-state index contributed by atoms with van der Waals surface area (Å²) in [4.78, 5) is 53.5. The van der Waals surface area contributed by atoms with Crippen molar-refractivity contribution in [3.63, 3.8) is 0 Å². The van der Waals surface area contributed by atoms with E-state index in [0.717, 1.165) is 93.1 Å². The molecular formula is C48H56FN11O4. The molecule has 0 radical (unpaired) electrons. The van der Waals surface area contributed by atoms with Gasteiger partial charge in [-0.2, -0.15) is 10.1 Å². The smallest absolute Gasteiger partial charge is 0.315 e. The molecule has 4 N–H and O–H groups in total. The Morgan fingerprint density at radius 2 is 1.64 bits per heavy atom. The Bertz CT molecular complexity index is 2610. The molecule has 64 heavy (non-hydrogen) atoms. The Morgan fingerprint density at radius 3 is 2.28 bits per heavy atom. The van der Waals surface area contributed by atoms with E-state index < -0.39 is 23.7 Å². The van der Waals surface area contributed by atoms with Gasteiger partial charge in [-0.3, -0.25) is 24.4 Å². The van der Waals surface area contributed by atoms with Crippen LogP contribution in [0.3, 0.4) is 0 Å². The number of hydrogen-bond acceptors (Lipinski definition) is 11. The van der Waals surface area contributed by atoms with Gasteiger partial charge in [0.15, 0.2) is 11.5 Å². The van der Waals surface area contributed by atoms with Gasteiger partial charge in [0, 0.05) is 104 Å². The van der Waals surface area contributed by atoms with E-state index in [9.17, 15) is 14.4 Å². The third-order valence-corrected chi connectivity index (χ3v) is 12.5. The van der Waals surface area contributed by atoms with Gasteiger partial charge >= 0.3 is 11.8 Å². The number of nitrogens with zero attached hydrogens (tertiary/aromatic N) is 8. The molecule has 3 aromatic heterocycles. The van der Waals surface area contributed by atoms with Crippen molar-refractivity contribution >= 4 is 46.3 Å². The van der Waals surface area contributed by atoms with Crippen molar-refractivity contribution in [3.8, 4) is 22.4 Å². The zero-order chi connectivity index (χ0) is 45.1. The molecule has 2 fully saturated rings. The second kappa shape index (κ2) is 18.6. The molecule has 5 heterocycles. The third-order valence-electron chi connectivity index (χ3n) is 12.5. The number of primary amides is 1. The summed E-state index contributed by atoms with van der Waals surface area (Å²) in [6, 6.07) is 21.2. The van der Waals surface area contributed by atoms with Gasteiger partial charge in [-0.15, -0.1) is 0 Å². The highest BCUT2D eigenvalue weighted by Gasteiger charge is 2.27. The van der Waals surface area contributed by atoms with E-state index in [2.05, 4.69) is 69.6 Å². The SMILES string of the molecule is Cc1cc(-c2[nH]nc3ncc(-c4ccc(N5CCN(CC6CCN(c7ccc(N(C=O)CCC(N)=O)cc7)CC6)CC5)cc4)cc23)c(F)cc1[C@@H](C)NC(=O)c1nc(C(C)(C)C)no1. The lowest BCUT2D eigenvalue weighted by atomic mass is 9.95. The predicted octanol–water partition coefficient (Wildman–Crippen LogP) is 6.79. The van der Waals surface area contributed by atoms with Gasteiger partial charge in [0.25, 0.3) is 0 Å². The maximum atomic E-state index is 16.0. The Morgan fingerprint density at radius 1 is 0.969 bits per heavy atom. The molecule has 3 aromatic carbocycles. The number of aryl methyl sites for hydroxylation is 1. The van der Waals surface area contributed by atoms with Crippen LogP contribution in [0.5, 0.6) is 0 Å². The number of amides is 3. The molecular weight excluding hydrogens is 814 g/mol. The normalized spacial score (nSPS) is 15.7. The van der Waals surface area contributed by atoms with Gasteiger partial charge in [-0.25, -0.2) is 9.37 Å². The fraction of sp³-hybridized carbons (Fsp3) is 0.396. The number of carbonyl (C=O) groups is 3. The maximum absolute atomic E-state index is 16.0. The highest BCUT2D eigenvalue weighted by Crippen LogP contribution is 2.34. The third kappa shape index (κ3) is 9.76. The second-order valence-corrected chi connectivity index (χ2v) is 18.0. The van der Waals surface area contributed by atoms with Crippen molar-refractivity contribution in [3.05, 3.63) is 102 Å².